The Morgan fingerprint density at radius 2 is 1.93 bits per heavy atom. The number of pyridine rings is 1. The van der Waals surface area contributed by atoms with Gasteiger partial charge in [-0.2, -0.15) is 0 Å². The lowest BCUT2D eigenvalue weighted by molar-refractivity contribution is -0.121. The molecule has 0 fully saturated rings. The quantitative estimate of drug-likeness (QED) is 0.623. The molecule has 0 spiro atoms. The average Bonchev–Trinajstić information content (AvgIpc) is 3.10. The number of aromatic nitrogens is 2. The van der Waals surface area contributed by atoms with E-state index in [-0.39, 0.29) is 29.6 Å². The first-order valence-electron chi connectivity index (χ1n) is 9.21. The minimum absolute atomic E-state index is 0.0130. The van der Waals surface area contributed by atoms with Gasteiger partial charge in [0.15, 0.2) is 0 Å². The summed E-state index contributed by atoms with van der Waals surface area (Å²) in [6.07, 6.45) is 2.68. The molecule has 0 bridgehead atoms. The van der Waals surface area contributed by atoms with Crippen molar-refractivity contribution in [1.29, 1.82) is 0 Å². The number of thiazole rings is 1. The van der Waals surface area contributed by atoms with E-state index < -0.39 is 0 Å². The molecule has 0 aliphatic heterocycles. The SMILES string of the molecule is CC(C)(C)CC(NC(=O)Cc1csc(-c2ccccn2)n1)c1ccc(F)cc1. The van der Waals surface area contributed by atoms with E-state index >= 15 is 0 Å². The van der Waals surface area contributed by atoms with E-state index in [1.165, 1.54) is 23.5 Å². The van der Waals surface area contributed by atoms with Gasteiger partial charge in [-0.1, -0.05) is 39.0 Å². The van der Waals surface area contributed by atoms with Crippen LogP contribution in [0.3, 0.4) is 0 Å². The molecule has 0 saturated carbocycles. The van der Waals surface area contributed by atoms with Gasteiger partial charge in [-0.25, -0.2) is 9.37 Å². The molecular formula is C22H24FN3OS. The molecule has 3 aromatic rings. The second-order valence-corrected chi connectivity index (χ2v) is 8.83. The Morgan fingerprint density at radius 3 is 2.57 bits per heavy atom. The van der Waals surface area contributed by atoms with E-state index in [2.05, 4.69) is 36.1 Å². The van der Waals surface area contributed by atoms with Crippen molar-refractivity contribution in [2.24, 2.45) is 5.41 Å². The first kappa shape index (κ1) is 20.1. The van der Waals surface area contributed by atoms with Crippen molar-refractivity contribution >= 4 is 17.2 Å². The fraction of sp³-hybridized carbons (Fsp3) is 0.318. The van der Waals surface area contributed by atoms with Crippen LogP contribution in [-0.4, -0.2) is 15.9 Å². The zero-order valence-corrected chi connectivity index (χ0v) is 17.1. The highest BCUT2D eigenvalue weighted by Gasteiger charge is 2.22. The number of halogens is 1. The number of hydrogen-bond donors (Lipinski definition) is 1. The third-order valence-electron chi connectivity index (χ3n) is 4.20. The number of benzene rings is 1. The molecule has 1 aromatic carbocycles. The van der Waals surface area contributed by atoms with E-state index in [9.17, 15) is 9.18 Å². The highest BCUT2D eigenvalue weighted by Crippen LogP contribution is 2.30. The maximum atomic E-state index is 13.3. The van der Waals surface area contributed by atoms with Gasteiger partial charge in [0.05, 0.1) is 23.9 Å². The largest absolute Gasteiger partial charge is 0.349 e. The summed E-state index contributed by atoms with van der Waals surface area (Å²) in [5.41, 5.74) is 2.43. The summed E-state index contributed by atoms with van der Waals surface area (Å²) in [5.74, 6) is -0.384. The molecule has 6 heteroatoms. The topological polar surface area (TPSA) is 54.9 Å². The van der Waals surface area contributed by atoms with Gasteiger partial charge in [0.2, 0.25) is 5.91 Å². The van der Waals surface area contributed by atoms with Crippen LogP contribution in [0.5, 0.6) is 0 Å². The van der Waals surface area contributed by atoms with E-state index in [0.717, 1.165) is 28.4 Å². The number of rotatable bonds is 6. The van der Waals surface area contributed by atoms with Crippen LogP contribution in [0, 0.1) is 11.2 Å². The standard InChI is InChI=1S/C22H24FN3OS/c1-22(2,3)13-19(15-7-9-16(23)10-8-15)26-20(27)12-17-14-28-21(25-17)18-6-4-5-11-24-18/h4-11,14,19H,12-13H2,1-3H3,(H,26,27). The lowest BCUT2D eigenvalue weighted by atomic mass is 9.85. The van der Waals surface area contributed by atoms with Crippen LogP contribution in [-0.2, 0) is 11.2 Å². The molecule has 0 aliphatic carbocycles. The molecular weight excluding hydrogens is 373 g/mol. The summed E-state index contributed by atoms with van der Waals surface area (Å²) in [6, 6.07) is 11.8. The van der Waals surface area contributed by atoms with Crippen LogP contribution in [0.2, 0.25) is 0 Å². The summed E-state index contributed by atoms with van der Waals surface area (Å²) in [6.45, 7) is 6.36. The van der Waals surface area contributed by atoms with Crippen molar-refractivity contribution in [3.05, 3.63) is 71.1 Å². The Labute approximate surface area is 168 Å². The van der Waals surface area contributed by atoms with Gasteiger partial charge in [0, 0.05) is 11.6 Å². The molecule has 0 aliphatic rings. The molecule has 28 heavy (non-hydrogen) atoms. The Bertz CT molecular complexity index is 917. The second kappa shape index (κ2) is 8.61. The number of carbonyl (C=O) groups excluding carboxylic acids is 1. The van der Waals surface area contributed by atoms with Crippen LogP contribution in [0.4, 0.5) is 4.39 Å². The van der Waals surface area contributed by atoms with Gasteiger partial charge in [-0.3, -0.25) is 9.78 Å². The minimum Gasteiger partial charge on any atom is -0.349 e. The van der Waals surface area contributed by atoms with E-state index in [1.54, 1.807) is 18.3 Å². The summed E-state index contributed by atoms with van der Waals surface area (Å²) in [5, 5.41) is 5.78. The zero-order chi connectivity index (χ0) is 20.1. The third-order valence-corrected chi connectivity index (χ3v) is 5.12. The Morgan fingerprint density at radius 1 is 1.18 bits per heavy atom. The van der Waals surface area contributed by atoms with Gasteiger partial charge in [0.25, 0.3) is 0 Å². The van der Waals surface area contributed by atoms with Crippen LogP contribution in [0.25, 0.3) is 10.7 Å². The van der Waals surface area contributed by atoms with E-state index in [4.69, 9.17) is 0 Å². The maximum Gasteiger partial charge on any atom is 0.226 e. The van der Waals surface area contributed by atoms with Gasteiger partial charge in [0.1, 0.15) is 10.8 Å². The van der Waals surface area contributed by atoms with E-state index in [0.29, 0.717) is 0 Å². The Balaban J connectivity index is 1.70. The van der Waals surface area contributed by atoms with Crippen LogP contribution in [0.1, 0.15) is 44.5 Å². The fourth-order valence-electron chi connectivity index (χ4n) is 2.96. The molecule has 0 saturated heterocycles. The van der Waals surface area contributed by atoms with Crippen LogP contribution < -0.4 is 5.32 Å². The van der Waals surface area contributed by atoms with Gasteiger partial charge >= 0.3 is 0 Å². The normalized spacial score (nSPS) is 12.6. The number of amides is 1. The first-order valence-corrected chi connectivity index (χ1v) is 10.1. The van der Waals surface area contributed by atoms with Crippen LogP contribution in [0.15, 0.2) is 54.0 Å². The molecule has 1 N–H and O–H groups in total. The highest BCUT2D eigenvalue weighted by atomic mass is 32.1. The van der Waals surface area contributed by atoms with Gasteiger partial charge < -0.3 is 5.32 Å². The summed E-state index contributed by atoms with van der Waals surface area (Å²) in [4.78, 5) is 21.5. The number of carbonyl (C=O) groups is 1. The maximum absolute atomic E-state index is 13.3. The van der Waals surface area contributed by atoms with Crippen molar-refractivity contribution in [2.75, 3.05) is 0 Å². The summed E-state index contributed by atoms with van der Waals surface area (Å²) < 4.78 is 13.3. The smallest absolute Gasteiger partial charge is 0.226 e. The first-order chi connectivity index (χ1) is 13.3. The fourth-order valence-corrected chi connectivity index (χ4v) is 3.76. The molecule has 0 radical (unpaired) electrons. The number of nitrogens with one attached hydrogen (secondary N) is 1. The van der Waals surface area contributed by atoms with Crippen molar-refractivity contribution in [1.82, 2.24) is 15.3 Å². The average molecular weight is 398 g/mol. The molecule has 1 atom stereocenters. The van der Waals surface area contributed by atoms with Crippen molar-refractivity contribution in [3.8, 4) is 10.7 Å². The minimum atomic E-state index is -0.283. The summed E-state index contributed by atoms with van der Waals surface area (Å²) in [7, 11) is 0. The highest BCUT2D eigenvalue weighted by molar-refractivity contribution is 7.13. The molecule has 2 aromatic heterocycles. The predicted molar refractivity (Wildman–Crippen MR) is 110 cm³/mol. The molecule has 1 unspecified atom stereocenters. The number of hydrogen-bond acceptors (Lipinski definition) is 4. The second-order valence-electron chi connectivity index (χ2n) is 7.97. The predicted octanol–water partition coefficient (Wildman–Crippen LogP) is 5.18. The molecule has 146 valence electrons. The monoisotopic (exact) mass is 397 g/mol. The summed E-state index contributed by atoms with van der Waals surface area (Å²) >= 11 is 1.48. The number of nitrogens with zero attached hydrogens (tertiary/aromatic N) is 2. The van der Waals surface area contributed by atoms with E-state index in [1.807, 2.05) is 23.6 Å². The zero-order valence-electron chi connectivity index (χ0n) is 16.3. The third kappa shape index (κ3) is 5.70. The molecule has 2 heterocycles. The Hall–Kier alpha value is -2.60. The molecule has 4 nitrogen and oxygen atoms in total. The van der Waals surface area contributed by atoms with Gasteiger partial charge in [-0.05, 0) is 41.7 Å². The lowest BCUT2D eigenvalue weighted by Gasteiger charge is -2.27. The van der Waals surface area contributed by atoms with Crippen LogP contribution >= 0.6 is 11.3 Å². The van der Waals surface area contributed by atoms with Crippen molar-refractivity contribution in [3.63, 3.8) is 0 Å². The lowest BCUT2D eigenvalue weighted by Crippen LogP contribution is -2.32. The Kier molecular flexibility index (Phi) is 6.19. The molecule has 3 rings (SSSR count). The van der Waals surface area contributed by atoms with Crippen molar-refractivity contribution in [2.45, 2.75) is 39.7 Å². The molecule has 1 amide bonds. The van der Waals surface area contributed by atoms with Crippen molar-refractivity contribution < 1.29 is 9.18 Å². The van der Waals surface area contributed by atoms with Gasteiger partial charge in [-0.15, -0.1) is 11.3 Å².